The van der Waals surface area contributed by atoms with Crippen molar-refractivity contribution in [2.75, 3.05) is 37.9 Å². The van der Waals surface area contributed by atoms with Crippen LogP contribution in [-0.2, 0) is 53.0 Å². The van der Waals surface area contributed by atoms with Crippen LogP contribution in [0.25, 0.3) is 22.3 Å². The number of ether oxygens (including phenoxy) is 2. The lowest BCUT2D eigenvalue weighted by Gasteiger charge is -2.52. The molecule has 372 valence electrons. The first-order chi connectivity index (χ1) is 31.5. The van der Waals surface area contributed by atoms with Crippen LogP contribution >= 0.6 is 14.5 Å². The fourth-order valence-electron chi connectivity index (χ4n) is 8.60. The van der Waals surface area contributed by atoms with Crippen LogP contribution in [-0.4, -0.2) is 127 Å². The van der Waals surface area contributed by atoms with Gasteiger partial charge in [-0.1, -0.05) is 67.7 Å². The fourth-order valence-corrected chi connectivity index (χ4v) is 18.3. The monoisotopic (exact) mass is 1040 g/mol. The van der Waals surface area contributed by atoms with Crippen LogP contribution in [0.15, 0.2) is 22.2 Å². The first-order valence-corrected chi connectivity index (χ1v) is 31.6. The van der Waals surface area contributed by atoms with E-state index in [1.165, 1.54) is 21.8 Å². The van der Waals surface area contributed by atoms with E-state index in [1.54, 1.807) is 0 Å². The first-order valence-electron chi connectivity index (χ1n) is 21.6. The van der Waals surface area contributed by atoms with E-state index in [9.17, 15) is 30.3 Å². The summed E-state index contributed by atoms with van der Waals surface area (Å²) >= 11 is 6.17. The standard InChI is InChI=1S/C38H58N12O13P2SSi2/c1-35(2,3)67(7,8)37(53)25-22(61-31(37)49-19-43-23-27(49)45-33(41)47-29(23)51)18-59-65(66,57-16-12-14-40)63-26-21(17-58-64(55,62-25)56-15-11-13-39)60-32(38(26,54)68(9,10)36(4,5)6)50-20-44-24-28(50)46-34(42)48-30(24)52/h19-22,25-26,31-32,53-54H,11-12,15-18H2,1-10H3,(H3,41,45,47,51)(H3,42,46,48,52)/t21-,22-,25-,26-,31-,32-,37+,38+,64?,65?/m1/s1. The molecule has 0 spiro atoms. The molecule has 8 N–H and O–H groups in total. The first kappa shape index (κ1) is 52.0. The number of aliphatic hydroxyl groups is 2. The number of nitrogens with one attached hydrogen (secondary N) is 2. The molecule has 0 bridgehead atoms. The Kier molecular flexibility index (Phi) is 13.9. The molecule has 0 aliphatic carbocycles. The maximum absolute atomic E-state index is 15.5. The van der Waals surface area contributed by atoms with Crippen molar-refractivity contribution in [2.45, 2.75) is 138 Å². The molecule has 3 fully saturated rings. The number of phosphoric acid groups is 1. The van der Waals surface area contributed by atoms with Crippen LogP contribution in [0.5, 0.6) is 0 Å². The molecule has 2 unspecified atom stereocenters. The Hall–Kier alpha value is -3.81. The molecular formula is C38H58N12O13P2SSi2. The second-order valence-corrected chi connectivity index (χ2v) is 35.7. The number of H-pyrrole nitrogens is 2. The maximum Gasteiger partial charge on any atom is 0.475 e. The molecule has 0 aromatic carbocycles. The van der Waals surface area contributed by atoms with Gasteiger partial charge in [0, 0.05) is 0 Å². The van der Waals surface area contributed by atoms with Crippen molar-refractivity contribution in [3.63, 3.8) is 0 Å². The zero-order valence-electron chi connectivity index (χ0n) is 39.3. The summed E-state index contributed by atoms with van der Waals surface area (Å²) < 4.78 is 69.9. The fraction of sp³-hybridized carbons (Fsp3) is 0.684. The minimum atomic E-state index is -5.01. The normalized spacial score (nSPS) is 32.0. The van der Waals surface area contributed by atoms with E-state index in [0.29, 0.717) is 0 Å². The molecule has 68 heavy (non-hydrogen) atoms. The summed E-state index contributed by atoms with van der Waals surface area (Å²) in [6, 6.07) is 3.95. The molecule has 7 heterocycles. The lowest BCUT2D eigenvalue weighted by atomic mass is 10.1. The van der Waals surface area contributed by atoms with Crippen molar-refractivity contribution in [1.29, 1.82) is 10.5 Å². The highest BCUT2D eigenvalue weighted by Crippen LogP contribution is 2.64. The minimum Gasteiger partial charge on any atom is -0.386 e. The van der Waals surface area contributed by atoms with Crippen molar-refractivity contribution in [3.05, 3.63) is 33.4 Å². The number of nitrogens with two attached hydrogens (primary N) is 2. The van der Waals surface area contributed by atoms with Crippen molar-refractivity contribution < 1.29 is 51.4 Å². The summed E-state index contributed by atoms with van der Waals surface area (Å²) in [5.41, 5.74) is 10.4. The van der Waals surface area contributed by atoms with E-state index in [-0.39, 0.29) is 53.7 Å². The number of nitrogens with zero attached hydrogens (tertiary/aromatic N) is 8. The van der Waals surface area contributed by atoms with Gasteiger partial charge >= 0.3 is 14.5 Å². The summed E-state index contributed by atoms with van der Waals surface area (Å²) in [5.74, 6) is -0.488. The van der Waals surface area contributed by atoms with Crippen molar-refractivity contribution in [3.8, 4) is 12.1 Å². The third kappa shape index (κ3) is 8.64. The number of aromatic nitrogens is 8. The second-order valence-electron chi connectivity index (χ2n) is 20.0. The van der Waals surface area contributed by atoms with Crippen molar-refractivity contribution in [1.82, 2.24) is 39.0 Å². The van der Waals surface area contributed by atoms with E-state index in [4.69, 9.17) is 59.9 Å². The number of hydrogen-bond acceptors (Lipinski definition) is 22. The molecule has 0 saturated carbocycles. The molecule has 3 aliphatic heterocycles. The van der Waals surface area contributed by atoms with Gasteiger partial charge in [-0.2, -0.15) is 20.5 Å². The third-order valence-corrected chi connectivity index (χ3v) is 30.6. The predicted octanol–water partition coefficient (Wildman–Crippen LogP) is 3.78. The number of nitriles is 2. The van der Waals surface area contributed by atoms with Gasteiger partial charge in [-0.3, -0.25) is 46.8 Å². The molecule has 0 radical (unpaired) electrons. The van der Waals surface area contributed by atoms with Gasteiger partial charge < -0.3 is 40.2 Å². The lowest BCUT2D eigenvalue weighted by Crippen LogP contribution is -2.68. The highest BCUT2D eigenvalue weighted by molar-refractivity contribution is 8.07. The summed E-state index contributed by atoms with van der Waals surface area (Å²) in [6.45, 7) is 12.8. The van der Waals surface area contributed by atoms with Gasteiger partial charge in [-0.15, -0.1) is 0 Å². The second kappa shape index (κ2) is 18.1. The maximum atomic E-state index is 15.5. The number of phosphoric ester groups is 1. The Balaban J connectivity index is 1.44. The average Bonchev–Trinajstić information content (AvgIpc) is 3.98. The highest BCUT2D eigenvalue weighted by Gasteiger charge is 2.72. The Morgan fingerprint density at radius 2 is 1.21 bits per heavy atom. The largest absolute Gasteiger partial charge is 0.475 e. The Morgan fingerprint density at radius 1 is 0.794 bits per heavy atom. The molecule has 10 atom stereocenters. The predicted molar refractivity (Wildman–Crippen MR) is 253 cm³/mol. The molecule has 4 aromatic heterocycles. The average molecular weight is 1040 g/mol. The van der Waals surface area contributed by atoms with Gasteiger partial charge in [0.05, 0.1) is 80.2 Å². The van der Waals surface area contributed by atoms with Crippen LogP contribution < -0.4 is 22.6 Å². The Labute approximate surface area is 397 Å². The van der Waals surface area contributed by atoms with Crippen molar-refractivity contribution in [2.24, 2.45) is 0 Å². The molecular weight excluding hydrogens is 983 g/mol. The number of nitrogen functional groups attached to an aromatic ring is 2. The summed E-state index contributed by atoms with van der Waals surface area (Å²) in [6.07, 6.45) is -6.98. The molecule has 25 nitrogen and oxygen atoms in total. The number of hydrogen-bond donors (Lipinski definition) is 6. The third-order valence-electron chi connectivity index (χ3n) is 14.3. The van der Waals surface area contributed by atoms with E-state index < -0.39 is 119 Å². The van der Waals surface area contributed by atoms with Crippen LogP contribution in [0.1, 0.15) is 66.8 Å². The zero-order chi connectivity index (χ0) is 50.2. The molecule has 3 aliphatic rings. The summed E-state index contributed by atoms with van der Waals surface area (Å²) in [7, 11) is -11.7. The summed E-state index contributed by atoms with van der Waals surface area (Å²) in [5, 5.41) is 41.0. The number of anilines is 2. The Morgan fingerprint density at radius 3 is 1.63 bits per heavy atom. The number of aromatic amines is 2. The number of fused-ring (bicyclic) bond motifs is 4. The lowest BCUT2D eigenvalue weighted by molar-refractivity contribution is -0.0725. The molecule has 0 amide bonds. The van der Waals surface area contributed by atoms with Gasteiger partial charge in [0.25, 0.3) is 11.1 Å². The van der Waals surface area contributed by atoms with Gasteiger partial charge in [0.15, 0.2) is 34.8 Å². The van der Waals surface area contributed by atoms with Crippen LogP contribution in [0, 0.1) is 22.7 Å². The molecule has 30 heteroatoms. The van der Waals surface area contributed by atoms with E-state index in [1.807, 2.05) is 79.9 Å². The molecule has 3 saturated heterocycles. The van der Waals surface area contributed by atoms with Crippen LogP contribution in [0.4, 0.5) is 11.9 Å². The molecule has 4 aromatic rings. The Bertz CT molecular complexity index is 2700. The number of rotatable bonds is 10. The van der Waals surface area contributed by atoms with E-state index in [2.05, 4.69) is 29.9 Å². The summed E-state index contributed by atoms with van der Waals surface area (Å²) in [4.78, 5) is 48.1. The molecule has 7 rings (SSSR count). The topological polar surface area (TPSA) is 358 Å². The van der Waals surface area contributed by atoms with Gasteiger partial charge in [-0.25, -0.2) is 14.5 Å². The van der Waals surface area contributed by atoms with Crippen molar-refractivity contribution >= 4 is 76.7 Å². The quantitative estimate of drug-likeness (QED) is 0.0747. The number of imidazole rings is 2. The van der Waals surface area contributed by atoms with E-state index >= 15 is 4.57 Å². The minimum absolute atomic E-state index is 0.0426. The van der Waals surface area contributed by atoms with Crippen LogP contribution in [0.3, 0.4) is 0 Å². The van der Waals surface area contributed by atoms with Gasteiger partial charge in [0.2, 0.25) is 11.9 Å². The van der Waals surface area contributed by atoms with Gasteiger partial charge in [-0.05, 0) is 21.9 Å². The van der Waals surface area contributed by atoms with E-state index in [0.717, 1.165) is 0 Å². The highest BCUT2D eigenvalue weighted by atomic mass is 32.5. The smallest absolute Gasteiger partial charge is 0.386 e. The zero-order valence-corrected chi connectivity index (χ0v) is 43.9. The van der Waals surface area contributed by atoms with Gasteiger partial charge in [0.1, 0.15) is 34.9 Å². The van der Waals surface area contributed by atoms with Crippen LogP contribution in [0.2, 0.25) is 36.3 Å². The SMILES string of the molecule is CC(C)(C)[Si](C)(C)[C@@]1(O)[C@@H]2OP(=O)(OCCC#N)OC[C@H]3O[C@@H](n4cnc5c(=O)[nH]c(N)nc54)[C@@](O)([Si](C)(C)C(C)(C)C)[C@@H]3OP(=S)(OCCC#N)OC[C@H]2O[C@H]1n1cnc2c(=O)[nH]c(N)nc21.